The first-order chi connectivity index (χ1) is 16.2. The Labute approximate surface area is 202 Å². The SMILES string of the molecule is O=C(CSc1nc(N2CCc3ccccc3C2)nc2ccccc12)NCc1ccc(Cl)cc1. The Hall–Kier alpha value is -3.09. The number of nitrogens with zero attached hydrogens (tertiary/aromatic N) is 3. The molecule has 166 valence electrons. The molecular formula is C26H23ClN4OS. The van der Waals surface area contributed by atoms with Gasteiger partial charge in [-0.2, -0.15) is 0 Å². The molecule has 1 amide bonds. The van der Waals surface area contributed by atoms with Crippen molar-refractivity contribution in [2.75, 3.05) is 17.2 Å². The van der Waals surface area contributed by atoms with Crippen molar-refractivity contribution in [1.29, 1.82) is 0 Å². The van der Waals surface area contributed by atoms with Gasteiger partial charge in [-0.05, 0) is 41.3 Å². The molecule has 0 aliphatic carbocycles. The fourth-order valence-electron chi connectivity index (χ4n) is 3.94. The number of nitrogens with one attached hydrogen (secondary N) is 1. The molecule has 2 heterocycles. The molecule has 33 heavy (non-hydrogen) atoms. The number of fused-ring (bicyclic) bond motifs is 2. The van der Waals surface area contributed by atoms with Crippen molar-refractivity contribution in [2.24, 2.45) is 0 Å². The number of halogens is 1. The lowest BCUT2D eigenvalue weighted by atomic mass is 10.0. The molecule has 0 saturated heterocycles. The second kappa shape index (κ2) is 9.81. The summed E-state index contributed by atoms with van der Waals surface area (Å²) in [6.07, 6.45) is 0.974. The molecule has 7 heteroatoms. The third kappa shape index (κ3) is 5.13. The van der Waals surface area contributed by atoms with Crippen molar-refractivity contribution in [1.82, 2.24) is 15.3 Å². The molecule has 5 nitrogen and oxygen atoms in total. The van der Waals surface area contributed by atoms with Crippen molar-refractivity contribution in [3.8, 4) is 0 Å². The highest BCUT2D eigenvalue weighted by atomic mass is 35.5. The van der Waals surface area contributed by atoms with Crippen LogP contribution < -0.4 is 10.2 Å². The van der Waals surface area contributed by atoms with Crippen LogP contribution in [0.5, 0.6) is 0 Å². The zero-order valence-electron chi connectivity index (χ0n) is 18.0. The number of hydrogen-bond donors (Lipinski definition) is 1. The van der Waals surface area contributed by atoms with Gasteiger partial charge in [0.1, 0.15) is 5.03 Å². The Kier molecular flexibility index (Phi) is 6.46. The monoisotopic (exact) mass is 474 g/mol. The number of carbonyl (C=O) groups excluding carboxylic acids is 1. The predicted octanol–water partition coefficient (Wildman–Crippen LogP) is 5.25. The smallest absolute Gasteiger partial charge is 0.230 e. The molecule has 0 unspecified atom stereocenters. The lowest BCUT2D eigenvalue weighted by Gasteiger charge is -2.29. The molecule has 4 aromatic rings. The maximum absolute atomic E-state index is 12.5. The summed E-state index contributed by atoms with van der Waals surface area (Å²) >= 11 is 7.38. The molecule has 1 N–H and O–H groups in total. The molecule has 3 aromatic carbocycles. The number of benzene rings is 3. The molecule has 0 saturated carbocycles. The highest BCUT2D eigenvalue weighted by molar-refractivity contribution is 8.00. The standard InChI is InChI=1S/C26H23ClN4OS/c27-21-11-9-18(10-12-21)15-28-24(32)17-33-25-22-7-3-4-8-23(22)29-26(30-25)31-14-13-19-5-1-2-6-20(19)16-31/h1-12H,13-17H2,(H,28,32). The average Bonchev–Trinajstić information content (AvgIpc) is 2.86. The molecule has 0 bridgehead atoms. The van der Waals surface area contributed by atoms with Crippen molar-refractivity contribution in [2.45, 2.75) is 24.5 Å². The van der Waals surface area contributed by atoms with Crippen molar-refractivity contribution in [3.63, 3.8) is 0 Å². The van der Waals surface area contributed by atoms with Gasteiger partial charge in [0.2, 0.25) is 11.9 Å². The van der Waals surface area contributed by atoms with E-state index in [2.05, 4.69) is 34.5 Å². The molecule has 0 fully saturated rings. The fourth-order valence-corrected chi connectivity index (χ4v) is 4.91. The van der Waals surface area contributed by atoms with Gasteiger partial charge < -0.3 is 10.2 Å². The number of thioether (sulfide) groups is 1. The van der Waals surface area contributed by atoms with E-state index in [4.69, 9.17) is 21.6 Å². The van der Waals surface area contributed by atoms with Crippen LogP contribution in [0.25, 0.3) is 10.9 Å². The summed E-state index contributed by atoms with van der Waals surface area (Å²) in [6, 6.07) is 24.0. The summed E-state index contributed by atoms with van der Waals surface area (Å²) in [4.78, 5) is 24.4. The lowest BCUT2D eigenvalue weighted by Crippen LogP contribution is -2.31. The summed E-state index contributed by atoms with van der Waals surface area (Å²) in [5, 5.41) is 5.45. The Bertz CT molecular complexity index is 1300. The first-order valence-corrected chi connectivity index (χ1v) is 12.2. The second-order valence-corrected chi connectivity index (χ2v) is 9.38. The minimum atomic E-state index is -0.0360. The summed E-state index contributed by atoms with van der Waals surface area (Å²) in [7, 11) is 0. The van der Waals surface area contributed by atoms with Gasteiger partial charge >= 0.3 is 0 Å². The number of anilines is 1. The highest BCUT2D eigenvalue weighted by Gasteiger charge is 2.20. The largest absolute Gasteiger partial charge is 0.351 e. The van der Waals surface area contributed by atoms with E-state index in [0.29, 0.717) is 17.5 Å². The Morgan fingerprint density at radius 1 is 0.970 bits per heavy atom. The van der Waals surface area contributed by atoms with Gasteiger partial charge in [-0.25, -0.2) is 9.97 Å². The van der Waals surface area contributed by atoms with Crippen LogP contribution in [0.15, 0.2) is 77.8 Å². The summed E-state index contributed by atoms with van der Waals surface area (Å²) in [5.74, 6) is 0.968. The lowest BCUT2D eigenvalue weighted by molar-refractivity contribution is -0.118. The minimum Gasteiger partial charge on any atom is -0.351 e. The van der Waals surface area contributed by atoms with Crippen LogP contribution in [0, 0.1) is 0 Å². The van der Waals surface area contributed by atoms with Crippen LogP contribution in [0.2, 0.25) is 5.02 Å². The number of aromatic nitrogens is 2. The first-order valence-electron chi connectivity index (χ1n) is 10.9. The number of hydrogen-bond acceptors (Lipinski definition) is 5. The molecule has 1 aliphatic heterocycles. The van der Waals surface area contributed by atoms with E-state index in [1.54, 1.807) is 0 Å². The minimum absolute atomic E-state index is 0.0360. The van der Waals surface area contributed by atoms with Crippen molar-refractivity contribution < 1.29 is 4.79 Å². The Morgan fingerprint density at radius 2 is 1.73 bits per heavy atom. The Morgan fingerprint density at radius 3 is 2.58 bits per heavy atom. The zero-order chi connectivity index (χ0) is 22.6. The third-order valence-electron chi connectivity index (χ3n) is 5.71. The molecule has 5 rings (SSSR count). The number of para-hydroxylation sites is 1. The summed E-state index contributed by atoms with van der Waals surface area (Å²) < 4.78 is 0. The van der Waals surface area contributed by atoms with Gasteiger partial charge in [0.25, 0.3) is 0 Å². The third-order valence-corrected chi connectivity index (χ3v) is 6.96. The van der Waals surface area contributed by atoms with E-state index in [-0.39, 0.29) is 11.7 Å². The molecular weight excluding hydrogens is 452 g/mol. The normalized spacial score (nSPS) is 13.1. The van der Waals surface area contributed by atoms with Gasteiger partial charge in [-0.1, -0.05) is 78.0 Å². The predicted molar refractivity (Wildman–Crippen MR) is 135 cm³/mol. The molecule has 1 aliphatic rings. The van der Waals surface area contributed by atoms with E-state index in [9.17, 15) is 4.79 Å². The van der Waals surface area contributed by atoms with Crippen molar-refractivity contribution >= 4 is 46.1 Å². The van der Waals surface area contributed by atoms with Crippen LogP contribution in [0.1, 0.15) is 16.7 Å². The van der Waals surface area contributed by atoms with E-state index >= 15 is 0 Å². The van der Waals surface area contributed by atoms with Gasteiger partial charge in [0.15, 0.2) is 0 Å². The summed E-state index contributed by atoms with van der Waals surface area (Å²) in [6.45, 7) is 2.14. The fraction of sp³-hybridized carbons (Fsp3) is 0.192. The number of carbonyl (C=O) groups is 1. The van der Waals surface area contributed by atoms with E-state index in [0.717, 1.165) is 41.0 Å². The van der Waals surface area contributed by atoms with Crippen LogP contribution in [0.4, 0.5) is 5.95 Å². The quantitative estimate of drug-likeness (QED) is 0.305. The topological polar surface area (TPSA) is 58.1 Å². The van der Waals surface area contributed by atoms with E-state index in [1.807, 2.05) is 48.5 Å². The van der Waals surface area contributed by atoms with E-state index < -0.39 is 0 Å². The van der Waals surface area contributed by atoms with Gasteiger partial charge in [0.05, 0.1) is 11.3 Å². The maximum atomic E-state index is 12.5. The van der Waals surface area contributed by atoms with Crippen molar-refractivity contribution in [3.05, 3.63) is 94.5 Å². The zero-order valence-corrected chi connectivity index (χ0v) is 19.6. The van der Waals surface area contributed by atoms with Gasteiger partial charge in [-0.3, -0.25) is 4.79 Å². The van der Waals surface area contributed by atoms with Crippen LogP contribution >= 0.6 is 23.4 Å². The van der Waals surface area contributed by atoms with Gasteiger partial charge in [0, 0.05) is 30.0 Å². The number of amides is 1. The Balaban J connectivity index is 1.31. The maximum Gasteiger partial charge on any atom is 0.230 e. The molecule has 0 spiro atoms. The van der Waals surface area contributed by atoms with Crippen LogP contribution in [-0.2, 0) is 24.3 Å². The van der Waals surface area contributed by atoms with E-state index in [1.165, 1.54) is 22.9 Å². The summed E-state index contributed by atoms with van der Waals surface area (Å²) in [5.41, 5.74) is 4.61. The number of rotatable bonds is 6. The van der Waals surface area contributed by atoms with Crippen LogP contribution in [-0.4, -0.2) is 28.2 Å². The van der Waals surface area contributed by atoms with Gasteiger partial charge in [-0.15, -0.1) is 0 Å². The molecule has 1 aromatic heterocycles. The van der Waals surface area contributed by atoms with Crippen LogP contribution in [0.3, 0.4) is 0 Å². The molecule has 0 radical (unpaired) electrons. The first kappa shape index (κ1) is 21.7. The highest BCUT2D eigenvalue weighted by Crippen LogP contribution is 2.29. The molecule has 0 atom stereocenters. The average molecular weight is 475 g/mol. The second-order valence-electron chi connectivity index (χ2n) is 7.98.